The molecule has 0 aromatic heterocycles. The highest BCUT2D eigenvalue weighted by Crippen LogP contribution is 2.48. The van der Waals surface area contributed by atoms with Gasteiger partial charge in [-0.1, -0.05) is 29.3 Å². The third kappa shape index (κ3) is 3.68. The van der Waals surface area contributed by atoms with Gasteiger partial charge in [0.2, 0.25) is 6.79 Å². The molecule has 6 nitrogen and oxygen atoms in total. The first-order valence-corrected chi connectivity index (χ1v) is 10.8. The van der Waals surface area contributed by atoms with E-state index in [4.69, 9.17) is 14.2 Å². The first-order chi connectivity index (χ1) is 14.0. The zero-order valence-corrected chi connectivity index (χ0v) is 18.2. The number of allylic oxidation sites excluding steroid dienone is 3. The number of fused-ring (bicyclic) bond motifs is 1. The van der Waals surface area contributed by atoms with Crippen molar-refractivity contribution in [1.29, 1.82) is 0 Å². The van der Waals surface area contributed by atoms with E-state index in [1.807, 2.05) is 26.0 Å². The van der Waals surface area contributed by atoms with E-state index in [2.05, 4.69) is 21.2 Å². The predicted molar refractivity (Wildman–Crippen MR) is 111 cm³/mol. The van der Waals surface area contributed by atoms with Crippen LogP contribution in [-0.2, 0) is 14.3 Å². The van der Waals surface area contributed by atoms with E-state index in [1.165, 1.54) is 0 Å². The Kier molecular flexibility index (Phi) is 5.67. The maximum atomic E-state index is 13.1. The number of unbranched alkanes of at least 4 members (excludes halogenated alkanes) is 1. The van der Waals surface area contributed by atoms with Gasteiger partial charge in [-0.15, -0.1) is 0 Å². The third-order valence-electron chi connectivity index (χ3n) is 5.53. The largest absolute Gasteiger partial charge is 0.462 e. The second kappa shape index (κ2) is 8.22. The number of hydrogen-bond acceptors (Lipinski definition) is 6. The molecule has 0 bridgehead atoms. The molecule has 1 aliphatic carbocycles. The van der Waals surface area contributed by atoms with Gasteiger partial charge in [0.1, 0.15) is 0 Å². The van der Waals surface area contributed by atoms with Crippen molar-refractivity contribution in [3.05, 3.63) is 44.7 Å². The van der Waals surface area contributed by atoms with Gasteiger partial charge < -0.3 is 19.5 Å². The summed E-state index contributed by atoms with van der Waals surface area (Å²) in [4.78, 5) is 26.0. The number of benzene rings is 1. The Morgan fingerprint density at radius 3 is 2.79 bits per heavy atom. The molecule has 1 N–H and O–H groups in total. The third-order valence-corrected chi connectivity index (χ3v) is 6.22. The minimum atomic E-state index is -0.503. The minimum Gasteiger partial charge on any atom is -0.462 e. The highest BCUT2D eigenvalue weighted by atomic mass is 79.9. The van der Waals surface area contributed by atoms with E-state index < -0.39 is 5.92 Å². The summed E-state index contributed by atoms with van der Waals surface area (Å²) in [7, 11) is 0. The van der Waals surface area contributed by atoms with E-state index in [-0.39, 0.29) is 18.5 Å². The highest BCUT2D eigenvalue weighted by molar-refractivity contribution is 9.10. The number of rotatable bonds is 5. The first kappa shape index (κ1) is 20.0. The molecule has 0 amide bonds. The minimum absolute atomic E-state index is 0.0691. The standard InChI is InChI=1S/C22H24BrNO5/c1-3-4-8-27-22(26)19-12(2)24-15-6-5-7-16(25)21(15)20(19)13-9-17-18(10-14(13)23)29-11-28-17/h9-10,20,24H,3-8,11H2,1-2H3/t20-/m0/s1. The van der Waals surface area contributed by atoms with Crippen LogP contribution in [0, 0.1) is 0 Å². The van der Waals surface area contributed by atoms with Crippen molar-refractivity contribution >= 4 is 27.7 Å². The lowest BCUT2D eigenvalue weighted by Gasteiger charge is -2.34. The fourth-order valence-electron chi connectivity index (χ4n) is 4.11. The molecular weight excluding hydrogens is 438 g/mol. The van der Waals surface area contributed by atoms with Crippen LogP contribution in [0.25, 0.3) is 0 Å². The van der Waals surface area contributed by atoms with Gasteiger partial charge in [-0.2, -0.15) is 0 Å². The average molecular weight is 462 g/mol. The Hall–Kier alpha value is -2.28. The van der Waals surface area contributed by atoms with Crippen LogP contribution in [-0.4, -0.2) is 25.2 Å². The Morgan fingerprint density at radius 1 is 1.28 bits per heavy atom. The number of Topliss-reactive ketones (excluding diaryl/α,β-unsaturated/α-hetero) is 1. The van der Waals surface area contributed by atoms with Crippen LogP contribution in [0.5, 0.6) is 11.5 Å². The summed E-state index contributed by atoms with van der Waals surface area (Å²) in [5.41, 5.74) is 3.58. The summed E-state index contributed by atoms with van der Waals surface area (Å²) in [6.07, 6.45) is 3.82. The summed E-state index contributed by atoms with van der Waals surface area (Å²) in [5.74, 6) is 0.440. The Morgan fingerprint density at radius 2 is 2.03 bits per heavy atom. The molecule has 0 saturated carbocycles. The second-order valence-corrected chi connectivity index (χ2v) is 8.34. The van der Waals surface area contributed by atoms with Crippen LogP contribution in [0.4, 0.5) is 0 Å². The van der Waals surface area contributed by atoms with Crippen molar-refractivity contribution in [2.45, 2.75) is 51.9 Å². The van der Waals surface area contributed by atoms with Gasteiger partial charge >= 0.3 is 5.97 Å². The molecule has 0 radical (unpaired) electrons. The number of nitrogens with one attached hydrogen (secondary N) is 1. The van der Waals surface area contributed by atoms with Crippen LogP contribution < -0.4 is 14.8 Å². The molecule has 0 saturated heterocycles. The van der Waals surface area contributed by atoms with Crippen molar-refractivity contribution < 1.29 is 23.8 Å². The van der Waals surface area contributed by atoms with Gasteiger partial charge in [0.15, 0.2) is 17.3 Å². The Bertz CT molecular complexity index is 933. The van der Waals surface area contributed by atoms with Crippen molar-refractivity contribution in [3.63, 3.8) is 0 Å². The van der Waals surface area contributed by atoms with Crippen LogP contribution in [0.2, 0.25) is 0 Å². The lowest BCUT2D eigenvalue weighted by Crippen LogP contribution is -2.34. The van der Waals surface area contributed by atoms with Crippen molar-refractivity contribution in [1.82, 2.24) is 5.32 Å². The summed E-state index contributed by atoms with van der Waals surface area (Å²) < 4.78 is 17.3. The smallest absolute Gasteiger partial charge is 0.336 e. The van der Waals surface area contributed by atoms with Gasteiger partial charge in [0.25, 0.3) is 0 Å². The van der Waals surface area contributed by atoms with Gasteiger partial charge in [0, 0.05) is 33.8 Å². The number of dihydropyridines is 1. The number of halogens is 1. The molecule has 3 aliphatic rings. The van der Waals surface area contributed by atoms with Crippen LogP contribution in [0.15, 0.2) is 39.1 Å². The monoisotopic (exact) mass is 461 g/mol. The van der Waals surface area contributed by atoms with Gasteiger partial charge in [-0.3, -0.25) is 4.79 Å². The average Bonchev–Trinajstić information content (AvgIpc) is 3.13. The second-order valence-electron chi connectivity index (χ2n) is 7.48. The fourth-order valence-corrected chi connectivity index (χ4v) is 4.66. The number of ether oxygens (including phenoxy) is 3. The summed E-state index contributed by atoms with van der Waals surface area (Å²) in [6.45, 7) is 4.43. The summed E-state index contributed by atoms with van der Waals surface area (Å²) in [6, 6.07) is 3.70. The van der Waals surface area contributed by atoms with E-state index in [9.17, 15) is 9.59 Å². The van der Waals surface area contributed by atoms with Gasteiger partial charge in [-0.25, -0.2) is 4.79 Å². The molecular formula is C22H24BrNO5. The lowest BCUT2D eigenvalue weighted by atomic mass is 9.75. The lowest BCUT2D eigenvalue weighted by molar-refractivity contribution is -0.139. The number of ketones is 1. The van der Waals surface area contributed by atoms with Crippen molar-refractivity contribution in [2.24, 2.45) is 0 Å². The SMILES string of the molecule is CCCCOC(=O)C1=C(C)NC2=C(C(=O)CCC2)[C@H]1c1cc2c(cc1Br)OCO2. The van der Waals surface area contributed by atoms with Gasteiger partial charge in [-0.05, 0) is 43.9 Å². The summed E-state index contributed by atoms with van der Waals surface area (Å²) >= 11 is 3.62. The van der Waals surface area contributed by atoms with Crippen molar-refractivity contribution in [2.75, 3.05) is 13.4 Å². The summed E-state index contributed by atoms with van der Waals surface area (Å²) in [5, 5.41) is 3.31. The van der Waals surface area contributed by atoms with Crippen LogP contribution in [0.1, 0.15) is 57.4 Å². The molecule has 7 heteroatoms. The molecule has 1 atom stereocenters. The van der Waals surface area contributed by atoms with E-state index >= 15 is 0 Å². The maximum absolute atomic E-state index is 13.1. The number of esters is 1. The quantitative estimate of drug-likeness (QED) is 0.514. The van der Waals surface area contributed by atoms with E-state index in [1.54, 1.807) is 0 Å². The topological polar surface area (TPSA) is 73.9 Å². The molecule has 2 aliphatic heterocycles. The van der Waals surface area contributed by atoms with Crippen LogP contribution in [0.3, 0.4) is 0 Å². The van der Waals surface area contributed by atoms with Crippen molar-refractivity contribution in [3.8, 4) is 11.5 Å². The van der Waals surface area contributed by atoms with Crippen LogP contribution >= 0.6 is 15.9 Å². The van der Waals surface area contributed by atoms with Gasteiger partial charge in [0.05, 0.1) is 12.2 Å². The molecule has 0 fully saturated rings. The Balaban J connectivity index is 1.82. The zero-order chi connectivity index (χ0) is 20.5. The zero-order valence-electron chi connectivity index (χ0n) is 16.6. The normalized spacial score (nSPS) is 20.5. The Labute approximate surface area is 178 Å². The first-order valence-electron chi connectivity index (χ1n) is 10.0. The molecule has 1 aromatic carbocycles. The molecule has 29 heavy (non-hydrogen) atoms. The molecule has 4 rings (SSSR count). The van der Waals surface area contributed by atoms with E-state index in [0.717, 1.165) is 47.1 Å². The van der Waals surface area contributed by atoms with E-state index in [0.29, 0.717) is 35.7 Å². The highest BCUT2D eigenvalue weighted by Gasteiger charge is 2.40. The molecule has 154 valence electrons. The number of carbonyl (C=O) groups is 2. The molecule has 0 spiro atoms. The maximum Gasteiger partial charge on any atom is 0.336 e. The molecule has 0 unspecified atom stereocenters. The molecule has 2 heterocycles. The number of carbonyl (C=O) groups excluding carboxylic acids is 2. The predicted octanol–water partition coefficient (Wildman–Crippen LogP) is 4.49. The molecule has 1 aromatic rings. The number of hydrogen-bond donors (Lipinski definition) is 1. The fraction of sp³-hybridized carbons (Fsp3) is 0.455.